The highest BCUT2D eigenvalue weighted by atomic mass is 32.1. The smallest absolute Gasteiger partial charge is 0.0809 e. The summed E-state index contributed by atoms with van der Waals surface area (Å²) in [6.45, 7) is 10.4. The van der Waals surface area contributed by atoms with Gasteiger partial charge in [0.05, 0.1) is 6.61 Å². The van der Waals surface area contributed by atoms with Crippen LogP contribution in [0.4, 0.5) is 0 Å². The molecule has 0 unspecified atom stereocenters. The molecule has 2 nitrogen and oxygen atoms in total. The largest absolute Gasteiger partial charge is 0.376 e. The summed E-state index contributed by atoms with van der Waals surface area (Å²) in [5.74, 6) is 0.729. The summed E-state index contributed by atoms with van der Waals surface area (Å²) >= 11 is 1.85. The van der Waals surface area contributed by atoms with Gasteiger partial charge in [-0.3, -0.25) is 0 Å². The number of nitrogens with one attached hydrogen (secondary N) is 1. The van der Waals surface area contributed by atoms with Crippen molar-refractivity contribution in [3.63, 3.8) is 0 Å². The predicted octanol–water partition coefficient (Wildman–Crippen LogP) is 3.81. The van der Waals surface area contributed by atoms with Gasteiger partial charge in [-0.1, -0.05) is 20.8 Å². The lowest BCUT2D eigenvalue weighted by Gasteiger charge is -2.04. The molecule has 1 aromatic heterocycles. The van der Waals surface area contributed by atoms with Crippen molar-refractivity contribution in [2.45, 2.75) is 46.8 Å². The van der Waals surface area contributed by atoms with Gasteiger partial charge in [0.1, 0.15) is 0 Å². The average Bonchev–Trinajstić information content (AvgIpc) is 2.73. The van der Waals surface area contributed by atoms with Crippen LogP contribution >= 0.6 is 11.3 Å². The minimum atomic E-state index is 0.729. The molecule has 3 heteroatoms. The van der Waals surface area contributed by atoms with Crippen molar-refractivity contribution in [3.05, 3.63) is 21.9 Å². The van der Waals surface area contributed by atoms with Crippen LogP contribution in [-0.2, 0) is 17.9 Å². The number of thiophene rings is 1. The summed E-state index contributed by atoms with van der Waals surface area (Å²) in [5, 5.41) is 3.42. The van der Waals surface area contributed by atoms with Crippen LogP contribution in [0.2, 0.25) is 0 Å². The van der Waals surface area contributed by atoms with Gasteiger partial charge < -0.3 is 10.1 Å². The van der Waals surface area contributed by atoms with Gasteiger partial charge >= 0.3 is 0 Å². The second kappa shape index (κ2) is 8.67. The lowest BCUT2D eigenvalue weighted by atomic mass is 10.1. The third-order valence-electron chi connectivity index (χ3n) is 2.53. The van der Waals surface area contributed by atoms with E-state index < -0.39 is 0 Å². The van der Waals surface area contributed by atoms with E-state index in [1.807, 2.05) is 11.3 Å². The Kier molecular flexibility index (Phi) is 7.49. The molecule has 0 atom stereocenters. The minimum Gasteiger partial charge on any atom is -0.376 e. The SMILES string of the molecule is CCCNCc1ccc(COCCC(C)C)s1. The van der Waals surface area contributed by atoms with E-state index in [1.54, 1.807) is 0 Å². The first-order valence-electron chi connectivity index (χ1n) is 6.58. The lowest BCUT2D eigenvalue weighted by Crippen LogP contribution is -2.12. The van der Waals surface area contributed by atoms with E-state index in [0.29, 0.717) is 0 Å². The van der Waals surface area contributed by atoms with Crippen molar-refractivity contribution < 1.29 is 4.74 Å². The second-order valence-corrected chi connectivity index (χ2v) is 6.03. The highest BCUT2D eigenvalue weighted by molar-refractivity contribution is 7.11. The monoisotopic (exact) mass is 255 g/mol. The summed E-state index contributed by atoms with van der Waals surface area (Å²) in [7, 11) is 0. The molecule has 0 bridgehead atoms. The van der Waals surface area contributed by atoms with Crippen molar-refractivity contribution in [1.29, 1.82) is 0 Å². The van der Waals surface area contributed by atoms with Crippen LogP contribution in [0.25, 0.3) is 0 Å². The quantitative estimate of drug-likeness (QED) is 0.678. The molecule has 1 N–H and O–H groups in total. The molecule has 1 aromatic rings. The Bertz CT molecular complexity index is 296. The molecule has 1 rings (SSSR count). The molecule has 0 aromatic carbocycles. The van der Waals surface area contributed by atoms with E-state index in [2.05, 4.69) is 38.2 Å². The highest BCUT2D eigenvalue weighted by Crippen LogP contribution is 2.17. The van der Waals surface area contributed by atoms with Crippen molar-refractivity contribution in [2.24, 2.45) is 5.92 Å². The first-order valence-corrected chi connectivity index (χ1v) is 7.40. The Morgan fingerprint density at radius 2 is 2.06 bits per heavy atom. The Morgan fingerprint density at radius 3 is 2.76 bits per heavy atom. The van der Waals surface area contributed by atoms with Gasteiger partial charge in [0, 0.05) is 22.9 Å². The van der Waals surface area contributed by atoms with E-state index in [-0.39, 0.29) is 0 Å². The summed E-state index contributed by atoms with van der Waals surface area (Å²) in [4.78, 5) is 2.74. The maximum Gasteiger partial charge on any atom is 0.0809 e. The zero-order valence-corrected chi connectivity index (χ0v) is 12.1. The summed E-state index contributed by atoms with van der Waals surface area (Å²) in [5.41, 5.74) is 0. The van der Waals surface area contributed by atoms with Gasteiger partial charge in [-0.05, 0) is 37.4 Å². The number of hydrogen-bond donors (Lipinski definition) is 1. The van der Waals surface area contributed by atoms with Crippen LogP contribution in [-0.4, -0.2) is 13.2 Å². The fraction of sp³-hybridized carbons (Fsp3) is 0.714. The van der Waals surface area contributed by atoms with Gasteiger partial charge in [-0.2, -0.15) is 0 Å². The first kappa shape index (κ1) is 14.7. The van der Waals surface area contributed by atoms with E-state index in [4.69, 9.17) is 4.74 Å². The molecule has 0 amide bonds. The first-order chi connectivity index (χ1) is 8.22. The Morgan fingerprint density at radius 1 is 1.29 bits per heavy atom. The normalized spacial score (nSPS) is 11.3. The van der Waals surface area contributed by atoms with Crippen LogP contribution in [0, 0.1) is 5.92 Å². The molecular formula is C14H25NOS. The fourth-order valence-electron chi connectivity index (χ4n) is 1.48. The molecule has 17 heavy (non-hydrogen) atoms. The zero-order chi connectivity index (χ0) is 12.5. The molecule has 0 saturated heterocycles. The third kappa shape index (κ3) is 6.81. The van der Waals surface area contributed by atoms with Crippen molar-refractivity contribution in [1.82, 2.24) is 5.32 Å². The van der Waals surface area contributed by atoms with Crippen LogP contribution in [0.5, 0.6) is 0 Å². The van der Waals surface area contributed by atoms with E-state index in [9.17, 15) is 0 Å². The van der Waals surface area contributed by atoms with Crippen molar-refractivity contribution in [2.75, 3.05) is 13.2 Å². The molecule has 0 radical (unpaired) electrons. The summed E-state index contributed by atoms with van der Waals surface area (Å²) in [6, 6.07) is 4.39. The minimum absolute atomic E-state index is 0.729. The number of ether oxygens (including phenoxy) is 1. The molecular weight excluding hydrogens is 230 g/mol. The van der Waals surface area contributed by atoms with Crippen LogP contribution in [0.3, 0.4) is 0 Å². The number of rotatable bonds is 9. The van der Waals surface area contributed by atoms with Crippen LogP contribution in [0.15, 0.2) is 12.1 Å². The Balaban J connectivity index is 2.16. The summed E-state index contributed by atoms with van der Waals surface area (Å²) < 4.78 is 5.66. The summed E-state index contributed by atoms with van der Waals surface area (Å²) in [6.07, 6.45) is 2.34. The van der Waals surface area contributed by atoms with Crippen molar-refractivity contribution in [3.8, 4) is 0 Å². The van der Waals surface area contributed by atoms with E-state index >= 15 is 0 Å². The molecule has 0 aliphatic carbocycles. The van der Waals surface area contributed by atoms with Gasteiger partial charge in [0.2, 0.25) is 0 Å². The van der Waals surface area contributed by atoms with Crippen molar-refractivity contribution >= 4 is 11.3 Å². The topological polar surface area (TPSA) is 21.3 Å². The standard InChI is InChI=1S/C14H25NOS/c1-4-8-15-10-13-5-6-14(17-13)11-16-9-7-12(2)3/h5-6,12,15H,4,7-11H2,1-3H3. The molecule has 0 spiro atoms. The molecule has 0 saturated carbocycles. The van der Waals surface area contributed by atoms with Gasteiger partial charge in [0.25, 0.3) is 0 Å². The third-order valence-corrected chi connectivity index (χ3v) is 3.59. The lowest BCUT2D eigenvalue weighted by molar-refractivity contribution is 0.112. The molecule has 1 heterocycles. The molecule has 0 fully saturated rings. The van der Waals surface area contributed by atoms with Gasteiger partial charge in [-0.25, -0.2) is 0 Å². The van der Waals surface area contributed by atoms with Gasteiger partial charge in [-0.15, -0.1) is 11.3 Å². The second-order valence-electron chi connectivity index (χ2n) is 4.78. The Labute approximate surface area is 109 Å². The fourth-order valence-corrected chi connectivity index (χ4v) is 2.40. The molecule has 98 valence electrons. The maximum absolute atomic E-state index is 5.66. The van der Waals surface area contributed by atoms with Gasteiger partial charge in [0.15, 0.2) is 0 Å². The molecule has 0 aliphatic heterocycles. The highest BCUT2D eigenvalue weighted by Gasteiger charge is 2.00. The molecule has 0 aliphatic rings. The van der Waals surface area contributed by atoms with Crippen LogP contribution in [0.1, 0.15) is 43.4 Å². The van der Waals surface area contributed by atoms with Crippen LogP contribution < -0.4 is 5.32 Å². The average molecular weight is 255 g/mol. The van der Waals surface area contributed by atoms with E-state index in [1.165, 1.54) is 16.2 Å². The van der Waals surface area contributed by atoms with E-state index in [0.717, 1.165) is 38.6 Å². The Hall–Kier alpha value is -0.380. The maximum atomic E-state index is 5.66. The predicted molar refractivity (Wildman–Crippen MR) is 75.4 cm³/mol. The zero-order valence-electron chi connectivity index (χ0n) is 11.3. The number of hydrogen-bond acceptors (Lipinski definition) is 3.